The van der Waals surface area contributed by atoms with E-state index in [1.807, 2.05) is 36.4 Å². The van der Waals surface area contributed by atoms with Crippen molar-refractivity contribution in [1.82, 2.24) is 0 Å². The van der Waals surface area contributed by atoms with Gasteiger partial charge in [-0.05, 0) is 44.0 Å². The zero-order valence-corrected chi connectivity index (χ0v) is 21.4. The topological polar surface area (TPSA) is 52.6 Å². The number of benzene rings is 2. The van der Waals surface area contributed by atoms with E-state index >= 15 is 0 Å². The van der Waals surface area contributed by atoms with Crippen LogP contribution in [0.5, 0.6) is 0 Å². The first kappa shape index (κ1) is 25.4. The molecule has 2 aromatic carbocycles. The third kappa shape index (κ3) is 9.11. The van der Waals surface area contributed by atoms with Crippen molar-refractivity contribution in [2.45, 2.75) is 38.9 Å². The van der Waals surface area contributed by atoms with Crippen LogP contribution in [0.4, 0.5) is 0 Å². The summed E-state index contributed by atoms with van der Waals surface area (Å²) in [6.07, 6.45) is 2.93. The molecule has 0 aliphatic rings. The molecule has 0 atom stereocenters. The van der Waals surface area contributed by atoms with Gasteiger partial charge < -0.3 is 9.47 Å². The standard InChI is InChI=1S/C24H28I2O4/c25-13-5-9-21(27)17-29-15-19-7-1-3-11-23(19)24-12-4-2-8-20(24)16-30-18-22(28)10-6-14-26/h1-4,7-8,11-12H,5-6,9-10,13-18H2. The Morgan fingerprint density at radius 1 is 0.667 bits per heavy atom. The van der Waals surface area contributed by atoms with Gasteiger partial charge in [-0.15, -0.1) is 0 Å². The van der Waals surface area contributed by atoms with Gasteiger partial charge in [-0.2, -0.15) is 0 Å². The van der Waals surface area contributed by atoms with Crippen molar-refractivity contribution >= 4 is 56.7 Å². The second kappa shape index (κ2) is 15.0. The van der Waals surface area contributed by atoms with E-state index in [0.717, 1.165) is 44.0 Å². The third-order valence-electron chi connectivity index (χ3n) is 4.54. The van der Waals surface area contributed by atoms with Gasteiger partial charge in [-0.3, -0.25) is 9.59 Å². The molecule has 0 amide bonds. The highest BCUT2D eigenvalue weighted by Crippen LogP contribution is 2.28. The second-order valence-electron chi connectivity index (χ2n) is 6.96. The molecule has 2 aromatic rings. The van der Waals surface area contributed by atoms with Crippen molar-refractivity contribution in [3.8, 4) is 11.1 Å². The van der Waals surface area contributed by atoms with E-state index in [-0.39, 0.29) is 24.8 Å². The summed E-state index contributed by atoms with van der Waals surface area (Å²) in [5.41, 5.74) is 4.19. The summed E-state index contributed by atoms with van der Waals surface area (Å²) in [7, 11) is 0. The molecular weight excluding hydrogens is 606 g/mol. The molecule has 0 aliphatic carbocycles. The number of ether oxygens (including phenoxy) is 2. The van der Waals surface area contributed by atoms with Crippen LogP contribution in [-0.2, 0) is 32.3 Å². The van der Waals surface area contributed by atoms with Crippen molar-refractivity contribution in [2.75, 3.05) is 22.1 Å². The number of carbonyl (C=O) groups excluding carboxylic acids is 2. The normalized spacial score (nSPS) is 10.9. The fourth-order valence-corrected chi connectivity index (χ4v) is 3.80. The summed E-state index contributed by atoms with van der Waals surface area (Å²) in [5, 5.41) is 0. The van der Waals surface area contributed by atoms with Gasteiger partial charge in [0.2, 0.25) is 0 Å². The molecule has 4 nitrogen and oxygen atoms in total. The fourth-order valence-electron chi connectivity index (χ4n) is 3.04. The van der Waals surface area contributed by atoms with E-state index < -0.39 is 0 Å². The van der Waals surface area contributed by atoms with E-state index in [0.29, 0.717) is 26.1 Å². The highest BCUT2D eigenvalue weighted by Gasteiger charge is 2.11. The second-order valence-corrected chi connectivity index (χ2v) is 9.12. The minimum absolute atomic E-state index is 0.144. The van der Waals surface area contributed by atoms with E-state index in [1.165, 1.54) is 0 Å². The Morgan fingerprint density at radius 2 is 1.07 bits per heavy atom. The van der Waals surface area contributed by atoms with Crippen molar-refractivity contribution in [3.63, 3.8) is 0 Å². The largest absolute Gasteiger partial charge is 0.369 e. The Morgan fingerprint density at radius 3 is 1.47 bits per heavy atom. The van der Waals surface area contributed by atoms with Gasteiger partial charge in [0.25, 0.3) is 0 Å². The van der Waals surface area contributed by atoms with Crippen LogP contribution in [0.25, 0.3) is 11.1 Å². The van der Waals surface area contributed by atoms with Gasteiger partial charge in [0.1, 0.15) is 13.2 Å². The first-order chi connectivity index (χ1) is 14.7. The van der Waals surface area contributed by atoms with E-state index in [4.69, 9.17) is 9.47 Å². The number of alkyl halides is 2. The SMILES string of the molecule is O=C(CCCI)COCc1ccccc1-c1ccccc1COCC(=O)CCCI. The average Bonchev–Trinajstić information content (AvgIpc) is 2.77. The van der Waals surface area contributed by atoms with Gasteiger partial charge >= 0.3 is 0 Å². The Bertz CT molecular complexity index is 740. The minimum atomic E-state index is 0.144. The fraction of sp³-hybridized carbons (Fsp3) is 0.417. The number of rotatable bonds is 15. The molecule has 0 aromatic heterocycles. The van der Waals surface area contributed by atoms with Crippen LogP contribution in [0.15, 0.2) is 48.5 Å². The van der Waals surface area contributed by atoms with Gasteiger partial charge in [0.05, 0.1) is 13.2 Å². The lowest BCUT2D eigenvalue weighted by atomic mass is 9.96. The first-order valence-corrected chi connectivity index (χ1v) is 13.2. The van der Waals surface area contributed by atoms with Gasteiger partial charge in [-0.25, -0.2) is 0 Å². The third-order valence-corrected chi connectivity index (χ3v) is 6.07. The minimum Gasteiger partial charge on any atom is -0.369 e. The van der Waals surface area contributed by atoms with Gasteiger partial charge in [0.15, 0.2) is 11.6 Å². The van der Waals surface area contributed by atoms with Crippen LogP contribution in [0.2, 0.25) is 0 Å². The molecule has 0 saturated heterocycles. The molecular formula is C24H28I2O4. The highest BCUT2D eigenvalue weighted by atomic mass is 127. The molecule has 0 heterocycles. The summed E-state index contributed by atoms with van der Waals surface area (Å²) >= 11 is 4.56. The summed E-state index contributed by atoms with van der Waals surface area (Å²) in [6, 6.07) is 16.1. The number of hydrogen-bond donors (Lipinski definition) is 0. The number of ketones is 2. The Balaban J connectivity index is 2.02. The number of halogens is 2. The van der Waals surface area contributed by atoms with Crippen molar-refractivity contribution in [3.05, 3.63) is 59.7 Å². The zero-order valence-electron chi connectivity index (χ0n) is 17.1. The maximum Gasteiger partial charge on any atom is 0.158 e. The Labute approximate surface area is 206 Å². The van der Waals surface area contributed by atoms with Crippen LogP contribution in [-0.4, -0.2) is 33.6 Å². The smallest absolute Gasteiger partial charge is 0.158 e. The van der Waals surface area contributed by atoms with Gasteiger partial charge in [-0.1, -0.05) is 93.7 Å². The van der Waals surface area contributed by atoms with E-state index in [2.05, 4.69) is 57.3 Å². The van der Waals surface area contributed by atoms with Crippen LogP contribution in [0, 0.1) is 0 Å². The molecule has 0 bridgehead atoms. The molecule has 0 radical (unpaired) electrons. The highest BCUT2D eigenvalue weighted by molar-refractivity contribution is 14.1. The van der Waals surface area contributed by atoms with Crippen LogP contribution >= 0.6 is 45.2 Å². The van der Waals surface area contributed by atoms with E-state index in [1.54, 1.807) is 0 Å². The first-order valence-electron chi connectivity index (χ1n) is 10.1. The number of carbonyl (C=O) groups is 2. The molecule has 30 heavy (non-hydrogen) atoms. The molecule has 0 aliphatic heterocycles. The number of Topliss-reactive ketones (excluding diaryl/α,β-unsaturated/α-hetero) is 2. The molecule has 0 spiro atoms. The zero-order chi connectivity index (χ0) is 21.6. The molecule has 0 N–H and O–H groups in total. The maximum absolute atomic E-state index is 11.9. The van der Waals surface area contributed by atoms with Crippen LogP contribution in [0.1, 0.15) is 36.8 Å². The molecule has 162 valence electrons. The molecule has 2 rings (SSSR count). The Hall–Kier alpha value is -0.840. The summed E-state index contributed by atoms with van der Waals surface area (Å²) in [6.45, 7) is 1.07. The van der Waals surface area contributed by atoms with Crippen molar-refractivity contribution in [1.29, 1.82) is 0 Å². The molecule has 0 saturated carbocycles. The van der Waals surface area contributed by atoms with Crippen molar-refractivity contribution in [2.24, 2.45) is 0 Å². The maximum atomic E-state index is 11.9. The van der Waals surface area contributed by atoms with Crippen LogP contribution < -0.4 is 0 Å². The summed E-state index contributed by atoms with van der Waals surface area (Å²) in [4.78, 5) is 23.7. The molecule has 6 heteroatoms. The van der Waals surface area contributed by atoms with Crippen LogP contribution in [0.3, 0.4) is 0 Å². The predicted octanol–water partition coefficient (Wildman–Crippen LogP) is 5.96. The quantitative estimate of drug-likeness (QED) is 0.180. The predicted molar refractivity (Wildman–Crippen MR) is 137 cm³/mol. The monoisotopic (exact) mass is 634 g/mol. The Kier molecular flexibility index (Phi) is 12.7. The lowest BCUT2D eigenvalue weighted by molar-refractivity contribution is -0.124. The summed E-state index contributed by atoms with van der Waals surface area (Å²) < 4.78 is 13.4. The van der Waals surface area contributed by atoms with Gasteiger partial charge in [0, 0.05) is 12.8 Å². The summed E-state index contributed by atoms with van der Waals surface area (Å²) in [5.74, 6) is 0.287. The average molecular weight is 634 g/mol. The lowest BCUT2D eigenvalue weighted by Crippen LogP contribution is -2.10. The molecule has 0 fully saturated rings. The van der Waals surface area contributed by atoms with Crippen molar-refractivity contribution < 1.29 is 19.1 Å². The number of hydrogen-bond acceptors (Lipinski definition) is 4. The lowest BCUT2D eigenvalue weighted by Gasteiger charge is -2.14. The van der Waals surface area contributed by atoms with E-state index in [9.17, 15) is 9.59 Å². The molecule has 0 unspecified atom stereocenters.